The average Bonchev–Trinajstić information content (AvgIpc) is 2.76. The Bertz CT molecular complexity index is 472. The predicted octanol–water partition coefficient (Wildman–Crippen LogP) is 5.17. The molecule has 0 aliphatic rings. The van der Waals surface area contributed by atoms with Crippen LogP contribution in [0.15, 0.2) is 0 Å². The summed E-state index contributed by atoms with van der Waals surface area (Å²) < 4.78 is 10.4. The van der Waals surface area contributed by atoms with Crippen molar-refractivity contribution in [1.29, 1.82) is 0 Å². The third-order valence-corrected chi connectivity index (χ3v) is 4.99. The van der Waals surface area contributed by atoms with Crippen LogP contribution in [0.4, 0.5) is 0 Å². The maximum atomic E-state index is 11.7. The highest BCUT2D eigenvalue weighted by atomic mass is 16.5. The Kier molecular flexibility index (Phi) is 22.7. The number of esters is 2. The summed E-state index contributed by atoms with van der Waals surface area (Å²) in [5.41, 5.74) is 0. The fourth-order valence-electron chi connectivity index (χ4n) is 3.15. The third-order valence-electron chi connectivity index (χ3n) is 4.99. The molecule has 0 spiro atoms. The lowest BCUT2D eigenvalue weighted by atomic mass is 10.1. The lowest BCUT2D eigenvalue weighted by Crippen LogP contribution is -2.26. The van der Waals surface area contributed by atoms with Gasteiger partial charge in [-0.1, -0.05) is 51.4 Å². The van der Waals surface area contributed by atoms with E-state index in [1.165, 1.54) is 25.7 Å². The number of carbonyl (C=O) groups excluding carboxylic acids is 2. The SMILES string of the molecule is C#CCCCCCCCCC(=O)OCCNCCOC(=O)CCCCCCCCC#C. The van der Waals surface area contributed by atoms with Gasteiger partial charge in [-0.25, -0.2) is 0 Å². The van der Waals surface area contributed by atoms with Crippen molar-refractivity contribution in [2.24, 2.45) is 0 Å². The molecule has 1 N–H and O–H groups in total. The van der Waals surface area contributed by atoms with E-state index in [1.807, 2.05) is 0 Å². The Balaban J connectivity index is 3.28. The molecule has 0 aromatic heterocycles. The van der Waals surface area contributed by atoms with Crippen molar-refractivity contribution in [1.82, 2.24) is 5.32 Å². The number of carbonyl (C=O) groups is 2. The van der Waals surface area contributed by atoms with Crippen LogP contribution in [0, 0.1) is 24.7 Å². The van der Waals surface area contributed by atoms with Gasteiger partial charge in [0.05, 0.1) is 0 Å². The van der Waals surface area contributed by atoms with Crippen LogP contribution in [0.3, 0.4) is 0 Å². The van der Waals surface area contributed by atoms with Crippen molar-refractivity contribution in [3.05, 3.63) is 0 Å². The predicted molar refractivity (Wildman–Crippen MR) is 126 cm³/mol. The van der Waals surface area contributed by atoms with Crippen LogP contribution in [-0.2, 0) is 19.1 Å². The van der Waals surface area contributed by atoms with Crippen LogP contribution in [0.5, 0.6) is 0 Å². The van der Waals surface area contributed by atoms with Crippen LogP contribution in [0.1, 0.15) is 103 Å². The van der Waals surface area contributed by atoms with Gasteiger partial charge in [0.2, 0.25) is 0 Å². The van der Waals surface area contributed by atoms with Gasteiger partial charge in [0.1, 0.15) is 13.2 Å². The first-order valence-corrected chi connectivity index (χ1v) is 12.1. The van der Waals surface area contributed by atoms with Gasteiger partial charge in [-0.2, -0.15) is 0 Å². The molecule has 0 rings (SSSR count). The molecule has 0 radical (unpaired) electrons. The molecule has 0 bridgehead atoms. The molecule has 31 heavy (non-hydrogen) atoms. The molecule has 0 fully saturated rings. The van der Waals surface area contributed by atoms with Crippen LogP contribution in [0.25, 0.3) is 0 Å². The van der Waals surface area contributed by atoms with Gasteiger partial charge in [-0.3, -0.25) is 9.59 Å². The first-order valence-electron chi connectivity index (χ1n) is 12.1. The fourth-order valence-corrected chi connectivity index (χ4v) is 3.15. The van der Waals surface area contributed by atoms with Gasteiger partial charge in [-0.15, -0.1) is 24.7 Å². The van der Waals surface area contributed by atoms with Gasteiger partial charge in [0.15, 0.2) is 0 Å². The molecule has 0 amide bonds. The average molecular weight is 434 g/mol. The van der Waals surface area contributed by atoms with Crippen molar-refractivity contribution in [3.63, 3.8) is 0 Å². The van der Waals surface area contributed by atoms with E-state index in [0.717, 1.165) is 64.2 Å². The van der Waals surface area contributed by atoms with Crippen LogP contribution in [0.2, 0.25) is 0 Å². The molecule has 0 aliphatic heterocycles. The molecule has 0 saturated heterocycles. The highest BCUT2D eigenvalue weighted by molar-refractivity contribution is 5.69. The summed E-state index contributed by atoms with van der Waals surface area (Å²) in [5.74, 6) is 5.02. The molecule has 5 nitrogen and oxygen atoms in total. The Morgan fingerprint density at radius 1 is 0.581 bits per heavy atom. The number of nitrogens with one attached hydrogen (secondary N) is 1. The maximum Gasteiger partial charge on any atom is 0.305 e. The second-order valence-electron chi connectivity index (χ2n) is 7.84. The summed E-state index contributed by atoms with van der Waals surface area (Å²) in [5, 5.41) is 3.12. The minimum Gasteiger partial charge on any atom is -0.464 e. The zero-order chi connectivity index (χ0) is 22.8. The van der Waals surface area contributed by atoms with Gasteiger partial charge in [-0.05, 0) is 25.7 Å². The van der Waals surface area contributed by atoms with Gasteiger partial charge in [0, 0.05) is 38.8 Å². The van der Waals surface area contributed by atoms with E-state index in [4.69, 9.17) is 22.3 Å². The van der Waals surface area contributed by atoms with Crippen LogP contribution >= 0.6 is 0 Å². The standard InChI is InChI=1S/C26H43NO4/c1-3-5-7-9-11-13-15-17-19-25(28)30-23-21-27-22-24-31-26(29)20-18-16-14-12-10-8-6-4-2/h1-2,27H,5-24H2. The topological polar surface area (TPSA) is 64.6 Å². The smallest absolute Gasteiger partial charge is 0.305 e. The molecule has 0 atom stereocenters. The number of hydrogen-bond donors (Lipinski definition) is 1. The highest BCUT2D eigenvalue weighted by Gasteiger charge is 2.04. The first-order chi connectivity index (χ1) is 15.2. The van der Waals surface area contributed by atoms with Crippen LogP contribution < -0.4 is 5.32 Å². The second kappa shape index (κ2) is 24.3. The van der Waals surface area contributed by atoms with E-state index in [1.54, 1.807) is 0 Å². The van der Waals surface area contributed by atoms with E-state index in [0.29, 0.717) is 39.1 Å². The number of unbranched alkanes of at least 4 members (excludes halogenated alkanes) is 12. The zero-order valence-corrected chi connectivity index (χ0v) is 19.4. The summed E-state index contributed by atoms with van der Waals surface area (Å²) in [6.07, 6.45) is 26.2. The van der Waals surface area contributed by atoms with Crippen molar-refractivity contribution in [2.45, 2.75) is 103 Å². The molecular formula is C26H43NO4. The quantitative estimate of drug-likeness (QED) is 0.145. The van der Waals surface area contributed by atoms with Crippen molar-refractivity contribution < 1.29 is 19.1 Å². The normalized spacial score (nSPS) is 10.3. The van der Waals surface area contributed by atoms with E-state index >= 15 is 0 Å². The summed E-state index contributed by atoms with van der Waals surface area (Å²) in [6, 6.07) is 0. The number of hydrogen-bond acceptors (Lipinski definition) is 5. The van der Waals surface area contributed by atoms with E-state index in [9.17, 15) is 9.59 Å². The molecule has 0 aromatic carbocycles. The lowest BCUT2D eigenvalue weighted by molar-refractivity contribution is -0.143. The lowest BCUT2D eigenvalue weighted by Gasteiger charge is -2.08. The van der Waals surface area contributed by atoms with Crippen molar-refractivity contribution in [2.75, 3.05) is 26.3 Å². The monoisotopic (exact) mass is 433 g/mol. The van der Waals surface area contributed by atoms with Crippen LogP contribution in [-0.4, -0.2) is 38.2 Å². The number of rotatable bonds is 22. The number of terminal acetylenes is 2. The Hall–Kier alpha value is -1.98. The summed E-state index contributed by atoms with van der Waals surface area (Å²) >= 11 is 0. The van der Waals surface area contributed by atoms with Crippen molar-refractivity contribution in [3.8, 4) is 24.7 Å². The molecule has 0 unspecified atom stereocenters. The van der Waals surface area contributed by atoms with E-state index in [-0.39, 0.29) is 11.9 Å². The summed E-state index contributed by atoms with van der Waals surface area (Å²) in [6.45, 7) is 1.83. The molecule has 0 aromatic rings. The Morgan fingerprint density at radius 2 is 0.935 bits per heavy atom. The largest absolute Gasteiger partial charge is 0.464 e. The second-order valence-corrected chi connectivity index (χ2v) is 7.84. The molecule has 5 heteroatoms. The van der Waals surface area contributed by atoms with E-state index < -0.39 is 0 Å². The Labute approximate surface area is 190 Å². The molecular weight excluding hydrogens is 390 g/mol. The minimum absolute atomic E-state index is 0.142. The molecule has 0 heterocycles. The zero-order valence-electron chi connectivity index (χ0n) is 19.4. The molecule has 0 aliphatic carbocycles. The maximum absolute atomic E-state index is 11.7. The minimum atomic E-state index is -0.142. The Morgan fingerprint density at radius 3 is 1.32 bits per heavy atom. The highest BCUT2D eigenvalue weighted by Crippen LogP contribution is 2.09. The van der Waals surface area contributed by atoms with Gasteiger partial charge in [0.25, 0.3) is 0 Å². The van der Waals surface area contributed by atoms with Gasteiger partial charge >= 0.3 is 11.9 Å². The van der Waals surface area contributed by atoms with E-state index in [2.05, 4.69) is 17.2 Å². The van der Waals surface area contributed by atoms with Gasteiger partial charge < -0.3 is 14.8 Å². The molecule has 176 valence electrons. The van der Waals surface area contributed by atoms with Crippen molar-refractivity contribution >= 4 is 11.9 Å². The third kappa shape index (κ3) is 24.2. The number of ether oxygens (including phenoxy) is 2. The summed E-state index contributed by atoms with van der Waals surface area (Å²) in [7, 11) is 0. The fraction of sp³-hybridized carbons (Fsp3) is 0.769. The first kappa shape index (κ1) is 29.0. The summed E-state index contributed by atoms with van der Waals surface area (Å²) in [4.78, 5) is 23.3. The molecule has 0 saturated carbocycles.